The SMILES string of the molecule is CCNC(=NCCc1cccc(Cl)c1)NC1CCN(C(=O)C2CCCC2)C1. The van der Waals surface area contributed by atoms with Crippen molar-refractivity contribution >= 4 is 23.5 Å². The van der Waals surface area contributed by atoms with E-state index in [4.69, 9.17) is 16.6 Å². The third-order valence-electron chi connectivity index (χ3n) is 5.45. The molecule has 0 spiro atoms. The normalized spacial score (nSPS) is 20.9. The lowest BCUT2D eigenvalue weighted by atomic mass is 10.1. The summed E-state index contributed by atoms with van der Waals surface area (Å²) in [4.78, 5) is 19.3. The molecule has 1 saturated carbocycles. The summed E-state index contributed by atoms with van der Waals surface area (Å²) in [7, 11) is 0. The highest BCUT2D eigenvalue weighted by Crippen LogP contribution is 2.27. The van der Waals surface area contributed by atoms with E-state index in [1.165, 1.54) is 18.4 Å². The minimum atomic E-state index is 0.267. The minimum Gasteiger partial charge on any atom is -0.357 e. The largest absolute Gasteiger partial charge is 0.357 e. The standard InChI is InChI=1S/C21H31ClN4O/c1-2-23-21(24-12-10-16-6-5-9-18(22)14-16)25-19-11-13-26(15-19)20(27)17-7-3-4-8-17/h5-6,9,14,17,19H,2-4,7-8,10-13,15H2,1H3,(H2,23,24,25). The summed E-state index contributed by atoms with van der Waals surface area (Å²) in [5.74, 6) is 1.46. The van der Waals surface area contributed by atoms with Gasteiger partial charge in [-0.2, -0.15) is 0 Å². The van der Waals surface area contributed by atoms with Crippen molar-refractivity contribution in [1.29, 1.82) is 0 Å². The van der Waals surface area contributed by atoms with Gasteiger partial charge < -0.3 is 15.5 Å². The molecule has 1 aromatic carbocycles. The number of benzene rings is 1. The van der Waals surface area contributed by atoms with Gasteiger partial charge in [0.15, 0.2) is 5.96 Å². The zero-order valence-electron chi connectivity index (χ0n) is 16.2. The molecule has 1 heterocycles. The van der Waals surface area contributed by atoms with Crippen LogP contribution in [-0.2, 0) is 11.2 Å². The molecule has 3 rings (SSSR count). The summed E-state index contributed by atoms with van der Waals surface area (Å²) in [6.07, 6.45) is 6.39. The Bertz CT molecular complexity index is 657. The lowest BCUT2D eigenvalue weighted by Gasteiger charge is -2.21. The Morgan fingerprint density at radius 3 is 2.85 bits per heavy atom. The van der Waals surface area contributed by atoms with Crippen LogP contribution in [0.2, 0.25) is 5.02 Å². The second kappa shape index (κ2) is 9.98. The van der Waals surface area contributed by atoms with Crippen LogP contribution in [-0.4, -0.2) is 49.0 Å². The molecule has 1 aliphatic heterocycles. The second-order valence-corrected chi connectivity index (χ2v) is 7.97. The van der Waals surface area contributed by atoms with Crippen LogP contribution in [0, 0.1) is 5.92 Å². The molecule has 1 aromatic rings. The fourth-order valence-corrected chi connectivity index (χ4v) is 4.22. The van der Waals surface area contributed by atoms with Gasteiger partial charge in [0.25, 0.3) is 0 Å². The number of nitrogens with zero attached hydrogens (tertiary/aromatic N) is 2. The molecule has 2 N–H and O–H groups in total. The highest BCUT2D eigenvalue weighted by molar-refractivity contribution is 6.30. The molecular formula is C21H31ClN4O. The molecule has 0 bridgehead atoms. The molecule has 2 aliphatic rings. The van der Waals surface area contributed by atoms with Crippen molar-refractivity contribution in [2.75, 3.05) is 26.2 Å². The van der Waals surface area contributed by atoms with Crippen LogP contribution >= 0.6 is 11.6 Å². The van der Waals surface area contributed by atoms with Gasteiger partial charge in [0.2, 0.25) is 5.91 Å². The summed E-state index contributed by atoms with van der Waals surface area (Å²) in [6, 6.07) is 8.20. The van der Waals surface area contributed by atoms with Crippen LogP contribution < -0.4 is 10.6 Å². The number of aliphatic imine (C=N–C) groups is 1. The van der Waals surface area contributed by atoms with Gasteiger partial charge in [0, 0.05) is 43.2 Å². The zero-order valence-corrected chi connectivity index (χ0v) is 17.0. The Morgan fingerprint density at radius 1 is 1.30 bits per heavy atom. The fraction of sp³-hybridized carbons (Fsp3) is 0.619. The van der Waals surface area contributed by atoms with Gasteiger partial charge >= 0.3 is 0 Å². The summed E-state index contributed by atoms with van der Waals surface area (Å²) in [6.45, 7) is 5.23. The van der Waals surface area contributed by atoms with E-state index in [1.807, 2.05) is 23.1 Å². The van der Waals surface area contributed by atoms with Crippen LogP contribution in [0.5, 0.6) is 0 Å². The number of carbonyl (C=O) groups excluding carboxylic acids is 1. The van der Waals surface area contributed by atoms with Crippen molar-refractivity contribution in [3.8, 4) is 0 Å². The Morgan fingerprint density at radius 2 is 2.11 bits per heavy atom. The van der Waals surface area contributed by atoms with Crippen molar-refractivity contribution in [2.45, 2.75) is 51.5 Å². The van der Waals surface area contributed by atoms with Gasteiger partial charge in [0.1, 0.15) is 0 Å². The first-order valence-electron chi connectivity index (χ1n) is 10.2. The predicted octanol–water partition coefficient (Wildman–Crippen LogP) is 3.23. The van der Waals surface area contributed by atoms with E-state index in [0.29, 0.717) is 12.5 Å². The first-order valence-corrected chi connectivity index (χ1v) is 10.6. The summed E-state index contributed by atoms with van der Waals surface area (Å²) in [5.41, 5.74) is 1.19. The Balaban J connectivity index is 1.49. The second-order valence-electron chi connectivity index (χ2n) is 7.54. The Labute approximate surface area is 167 Å². The molecule has 6 heteroatoms. The van der Waals surface area contributed by atoms with Gasteiger partial charge in [-0.15, -0.1) is 0 Å². The van der Waals surface area contributed by atoms with E-state index in [1.54, 1.807) is 0 Å². The quantitative estimate of drug-likeness (QED) is 0.579. The lowest BCUT2D eigenvalue weighted by molar-refractivity contribution is -0.134. The first kappa shape index (κ1) is 20.0. The first-order chi connectivity index (χ1) is 13.2. The number of hydrogen-bond acceptors (Lipinski definition) is 2. The summed E-state index contributed by atoms with van der Waals surface area (Å²) in [5, 5.41) is 7.59. The molecule has 1 saturated heterocycles. The average Bonchev–Trinajstić information content (AvgIpc) is 3.33. The molecule has 1 atom stereocenters. The Kier molecular flexibility index (Phi) is 7.39. The van der Waals surface area contributed by atoms with Gasteiger partial charge in [-0.25, -0.2) is 0 Å². The van der Waals surface area contributed by atoms with E-state index >= 15 is 0 Å². The van der Waals surface area contributed by atoms with Gasteiger partial charge in [-0.1, -0.05) is 36.6 Å². The number of nitrogens with one attached hydrogen (secondary N) is 2. The van der Waals surface area contributed by atoms with E-state index < -0.39 is 0 Å². The molecule has 0 aromatic heterocycles. The zero-order chi connectivity index (χ0) is 19.1. The third-order valence-corrected chi connectivity index (χ3v) is 5.68. The smallest absolute Gasteiger partial charge is 0.225 e. The molecule has 0 radical (unpaired) electrons. The molecule has 2 fully saturated rings. The fourth-order valence-electron chi connectivity index (χ4n) is 4.01. The molecule has 148 valence electrons. The maximum atomic E-state index is 12.6. The maximum Gasteiger partial charge on any atom is 0.225 e. The molecule has 1 aliphatic carbocycles. The van der Waals surface area contributed by atoms with Gasteiger partial charge in [-0.05, 0) is 50.3 Å². The monoisotopic (exact) mass is 390 g/mol. The molecule has 1 unspecified atom stereocenters. The van der Waals surface area contributed by atoms with E-state index in [2.05, 4.69) is 23.6 Å². The number of carbonyl (C=O) groups is 1. The number of guanidine groups is 1. The number of hydrogen-bond donors (Lipinski definition) is 2. The molecule has 27 heavy (non-hydrogen) atoms. The highest BCUT2D eigenvalue weighted by Gasteiger charge is 2.32. The van der Waals surface area contributed by atoms with Crippen LogP contribution in [0.15, 0.2) is 29.3 Å². The van der Waals surface area contributed by atoms with Crippen LogP contribution in [0.3, 0.4) is 0 Å². The molecule has 1 amide bonds. The average molecular weight is 391 g/mol. The number of amides is 1. The van der Waals surface area contributed by atoms with Crippen molar-refractivity contribution in [2.24, 2.45) is 10.9 Å². The van der Waals surface area contributed by atoms with E-state index in [0.717, 1.165) is 56.3 Å². The molecular weight excluding hydrogens is 360 g/mol. The van der Waals surface area contributed by atoms with E-state index in [-0.39, 0.29) is 12.0 Å². The predicted molar refractivity (Wildman–Crippen MR) is 111 cm³/mol. The lowest BCUT2D eigenvalue weighted by Crippen LogP contribution is -2.45. The summed E-state index contributed by atoms with van der Waals surface area (Å²) >= 11 is 6.04. The summed E-state index contributed by atoms with van der Waals surface area (Å²) < 4.78 is 0. The van der Waals surface area contributed by atoms with Gasteiger partial charge in [-0.3, -0.25) is 9.79 Å². The molecule has 5 nitrogen and oxygen atoms in total. The highest BCUT2D eigenvalue weighted by atomic mass is 35.5. The minimum absolute atomic E-state index is 0.267. The van der Waals surface area contributed by atoms with Gasteiger partial charge in [0.05, 0.1) is 0 Å². The number of halogens is 1. The van der Waals surface area contributed by atoms with Crippen LogP contribution in [0.25, 0.3) is 0 Å². The van der Waals surface area contributed by atoms with Crippen LogP contribution in [0.1, 0.15) is 44.6 Å². The number of rotatable bonds is 6. The van der Waals surface area contributed by atoms with Crippen molar-refractivity contribution in [3.05, 3.63) is 34.9 Å². The van der Waals surface area contributed by atoms with Crippen molar-refractivity contribution in [1.82, 2.24) is 15.5 Å². The van der Waals surface area contributed by atoms with Crippen molar-refractivity contribution < 1.29 is 4.79 Å². The Hall–Kier alpha value is -1.75. The number of likely N-dealkylation sites (tertiary alicyclic amines) is 1. The topological polar surface area (TPSA) is 56.7 Å². The van der Waals surface area contributed by atoms with E-state index in [9.17, 15) is 4.79 Å². The third kappa shape index (κ3) is 5.86. The van der Waals surface area contributed by atoms with Crippen molar-refractivity contribution in [3.63, 3.8) is 0 Å². The maximum absolute atomic E-state index is 12.6. The van der Waals surface area contributed by atoms with Crippen LogP contribution in [0.4, 0.5) is 0 Å².